The minimum Gasteiger partial charge on any atom is -0.356 e. The summed E-state index contributed by atoms with van der Waals surface area (Å²) < 4.78 is 0. The van der Waals surface area contributed by atoms with Crippen LogP contribution in [0.25, 0.3) is 0 Å². The van der Waals surface area contributed by atoms with Gasteiger partial charge in [0.15, 0.2) is 5.96 Å². The summed E-state index contributed by atoms with van der Waals surface area (Å²) in [6.45, 7) is 1.99. The van der Waals surface area contributed by atoms with Gasteiger partial charge in [0.05, 0.1) is 0 Å². The second kappa shape index (κ2) is 10.2. The lowest BCUT2D eigenvalue weighted by molar-refractivity contribution is 0.487. The van der Waals surface area contributed by atoms with Gasteiger partial charge in [0.1, 0.15) is 0 Å². The lowest BCUT2D eigenvalue weighted by Gasteiger charge is -2.22. The molecule has 0 unspecified atom stereocenters. The fourth-order valence-electron chi connectivity index (χ4n) is 2.52. The van der Waals surface area contributed by atoms with Crippen LogP contribution in [0.5, 0.6) is 0 Å². The van der Waals surface area contributed by atoms with Crippen LogP contribution in [0.2, 0.25) is 0 Å². The van der Waals surface area contributed by atoms with E-state index in [1.165, 1.54) is 24.1 Å². The number of hydrogen-bond acceptors (Lipinski definition) is 2. The van der Waals surface area contributed by atoms with Crippen molar-refractivity contribution < 1.29 is 0 Å². The van der Waals surface area contributed by atoms with E-state index < -0.39 is 0 Å². The highest BCUT2D eigenvalue weighted by Crippen LogP contribution is 2.19. The zero-order valence-corrected chi connectivity index (χ0v) is 16.1. The Hall–Kier alpha value is -0.560. The van der Waals surface area contributed by atoms with E-state index in [4.69, 9.17) is 0 Å². The Kier molecular flexibility index (Phi) is 8.99. The van der Waals surface area contributed by atoms with E-state index in [1.54, 1.807) is 5.57 Å². The summed E-state index contributed by atoms with van der Waals surface area (Å²) in [4.78, 5) is 8.01. The summed E-state index contributed by atoms with van der Waals surface area (Å²) in [5.41, 5.74) is 1.61. The van der Waals surface area contributed by atoms with Gasteiger partial charge in [0.25, 0.3) is 0 Å². The number of rotatable bonds is 6. The lowest BCUT2D eigenvalue weighted by Crippen LogP contribution is -2.40. The maximum absolute atomic E-state index is 4.37. The van der Waals surface area contributed by atoms with Crippen LogP contribution in [0.3, 0.4) is 0 Å². The zero-order valence-electron chi connectivity index (χ0n) is 13.0. The molecule has 1 aliphatic carbocycles. The molecule has 0 radical (unpaired) electrons. The fourth-order valence-corrected chi connectivity index (χ4v) is 3.22. The van der Waals surface area contributed by atoms with Gasteiger partial charge in [0.2, 0.25) is 0 Å². The summed E-state index contributed by atoms with van der Waals surface area (Å²) in [5.74, 6) is 1.00. The summed E-state index contributed by atoms with van der Waals surface area (Å²) in [6, 6.07) is 4.31. The zero-order chi connectivity index (χ0) is 14.2. The molecule has 21 heavy (non-hydrogen) atoms. The molecule has 0 saturated carbocycles. The number of halogens is 1. The van der Waals surface area contributed by atoms with Crippen LogP contribution < -0.4 is 5.32 Å². The first-order valence-corrected chi connectivity index (χ1v) is 8.29. The van der Waals surface area contributed by atoms with Crippen molar-refractivity contribution in [2.24, 2.45) is 4.99 Å². The molecule has 118 valence electrons. The second-order valence-corrected chi connectivity index (χ2v) is 6.26. The van der Waals surface area contributed by atoms with E-state index in [-0.39, 0.29) is 24.0 Å². The Morgan fingerprint density at radius 3 is 2.90 bits per heavy atom. The van der Waals surface area contributed by atoms with Crippen LogP contribution in [0, 0.1) is 0 Å². The molecule has 5 heteroatoms. The lowest BCUT2D eigenvalue weighted by atomic mass is 10.2. The minimum absolute atomic E-state index is 0. The van der Waals surface area contributed by atoms with Crippen molar-refractivity contribution in [2.75, 3.05) is 27.2 Å². The molecule has 0 fully saturated rings. The Balaban J connectivity index is 0.00000220. The molecule has 0 amide bonds. The van der Waals surface area contributed by atoms with E-state index in [0.717, 1.165) is 31.9 Å². The summed E-state index contributed by atoms with van der Waals surface area (Å²) >= 11 is 1.82. The minimum atomic E-state index is 0. The normalized spacial score (nSPS) is 14.6. The van der Waals surface area contributed by atoms with Gasteiger partial charge in [-0.15, -0.1) is 35.3 Å². The Labute approximate surface area is 149 Å². The molecule has 2 rings (SSSR count). The van der Waals surface area contributed by atoms with Crippen molar-refractivity contribution in [3.8, 4) is 0 Å². The molecule has 0 aromatic carbocycles. The van der Waals surface area contributed by atoms with E-state index in [9.17, 15) is 0 Å². The highest BCUT2D eigenvalue weighted by atomic mass is 127. The number of likely N-dealkylation sites (N-methyl/N-ethyl adjacent to an activating group) is 1. The molecule has 0 bridgehead atoms. The highest BCUT2D eigenvalue weighted by Gasteiger charge is 2.08. The largest absolute Gasteiger partial charge is 0.356 e. The molecular weight excluding hydrogens is 393 g/mol. The van der Waals surface area contributed by atoms with Crippen molar-refractivity contribution in [1.82, 2.24) is 10.2 Å². The maximum atomic E-state index is 4.37. The van der Waals surface area contributed by atoms with Gasteiger partial charge in [-0.05, 0) is 43.6 Å². The molecule has 1 aromatic heterocycles. The van der Waals surface area contributed by atoms with E-state index in [1.807, 2.05) is 18.4 Å². The first-order chi connectivity index (χ1) is 9.79. The predicted molar refractivity (Wildman–Crippen MR) is 104 cm³/mol. The van der Waals surface area contributed by atoms with Crippen LogP contribution in [0.15, 0.2) is 34.2 Å². The molecule has 0 saturated heterocycles. The van der Waals surface area contributed by atoms with Gasteiger partial charge < -0.3 is 10.2 Å². The Morgan fingerprint density at radius 2 is 2.29 bits per heavy atom. The molecular formula is C16H26IN3S. The number of thiophene rings is 1. The molecule has 1 N–H and O–H groups in total. The predicted octanol–water partition coefficient (Wildman–Crippen LogP) is 3.92. The van der Waals surface area contributed by atoms with Gasteiger partial charge in [-0.3, -0.25) is 4.99 Å². The van der Waals surface area contributed by atoms with Crippen molar-refractivity contribution in [3.63, 3.8) is 0 Å². The molecule has 1 aromatic rings. The van der Waals surface area contributed by atoms with Crippen molar-refractivity contribution in [2.45, 2.75) is 32.1 Å². The quantitative estimate of drug-likeness (QED) is 0.328. The first kappa shape index (κ1) is 18.5. The number of guanidine groups is 1. The average Bonchev–Trinajstić information content (AvgIpc) is 3.14. The van der Waals surface area contributed by atoms with Crippen LogP contribution in [0.1, 0.15) is 30.6 Å². The van der Waals surface area contributed by atoms with Gasteiger partial charge in [0, 0.05) is 32.1 Å². The van der Waals surface area contributed by atoms with Crippen LogP contribution >= 0.6 is 35.3 Å². The number of nitrogens with zero attached hydrogens (tertiary/aromatic N) is 2. The Bertz CT molecular complexity index is 454. The standard InChI is InChI=1S/C16H25N3S.HI/c1-17-16(18-11-9-14-6-3-4-7-14)19(2)12-10-15-8-5-13-20-15;/h5-6,8,13H,3-4,7,9-12H2,1-2H3,(H,17,18);1H. The van der Waals surface area contributed by atoms with E-state index >= 15 is 0 Å². The molecule has 1 heterocycles. The van der Waals surface area contributed by atoms with Gasteiger partial charge >= 0.3 is 0 Å². The third-order valence-corrected chi connectivity index (χ3v) is 4.65. The average molecular weight is 419 g/mol. The maximum Gasteiger partial charge on any atom is 0.193 e. The third kappa shape index (κ3) is 6.38. The number of aliphatic imine (C=N–C) groups is 1. The first-order valence-electron chi connectivity index (χ1n) is 7.41. The van der Waals surface area contributed by atoms with Crippen LogP contribution in [-0.4, -0.2) is 38.0 Å². The third-order valence-electron chi connectivity index (χ3n) is 3.71. The Morgan fingerprint density at radius 1 is 1.43 bits per heavy atom. The number of hydrogen-bond donors (Lipinski definition) is 1. The van der Waals surface area contributed by atoms with Gasteiger partial charge in [-0.1, -0.05) is 17.7 Å². The molecule has 0 aliphatic heterocycles. The SMILES string of the molecule is CN=C(NCCC1=CCCC1)N(C)CCc1cccs1.I. The van der Waals surface area contributed by atoms with Gasteiger partial charge in [-0.2, -0.15) is 0 Å². The second-order valence-electron chi connectivity index (χ2n) is 5.23. The summed E-state index contributed by atoms with van der Waals surface area (Å²) in [7, 11) is 3.97. The van der Waals surface area contributed by atoms with Crippen molar-refractivity contribution in [3.05, 3.63) is 34.0 Å². The van der Waals surface area contributed by atoms with Crippen LogP contribution in [0.4, 0.5) is 0 Å². The summed E-state index contributed by atoms with van der Waals surface area (Å²) in [6.07, 6.45) is 8.52. The topological polar surface area (TPSA) is 27.6 Å². The molecule has 0 spiro atoms. The number of nitrogens with one attached hydrogen (secondary N) is 1. The fraction of sp³-hybridized carbons (Fsp3) is 0.562. The summed E-state index contributed by atoms with van der Waals surface area (Å²) in [5, 5.41) is 5.60. The van der Waals surface area contributed by atoms with Crippen molar-refractivity contribution >= 4 is 41.3 Å². The van der Waals surface area contributed by atoms with Crippen LogP contribution in [-0.2, 0) is 6.42 Å². The monoisotopic (exact) mass is 419 g/mol. The van der Waals surface area contributed by atoms with E-state index in [0.29, 0.717) is 0 Å². The molecule has 3 nitrogen and oxygen atoms in total. The number of allylic oxidation sites excluding steroid dienone is 1. The smallest absolute Gasteiger partial charge is 0.193 e. The van der Waals surface area contributed by atoms with Gasteiger partial charge in [-0.25, -0.2) is 0 Å². The molecule has 1 aliphatic rings. The molecule has 0 atom stereocenters. The van der Waals surface area contributed by atoms with Crippen molar-refractivity contribution in [1.29, 1.82) is 0 Å². The van der Waals surface area contributed by atoms with E-state index in [2.05, 4.69) is 45.8 Å². The highest BCUT2D eigenvalue weighted by molar-refractivity contribution is 14.0.